The lowest BCUT2D eigenvalue weighted by molar-refractivity contribution is 0.0792. The number of carbonyl (C=O) groups is 1. The first-order chi connectivity index (χ1) is 8.84. The van der Waals surface area contributed by atoms with Gasteiger partial charge in [-0.05, 0) is 31.0 Å². The van der Waals surface area contributed by atoms with Crippen LogP contribution in [0.15, 0.2) is 41.3 Å². The third-order valence-electron chi connectivity index (χ3n) is 3.22. The number of rotatable bonds is 2. The third-order valence-corrected chi connectivity index (χ3v) is 3.22. The zero-order valence-electron chi connectivity index (χ0n) is 10.0. The Balaban J connectivity index is 1.80. The molecule has 0 bridgehead atoms. The number of carbonyl (C=O) groups excluding carboxylic acids is 1. The lowest BCUT2D eigenvalue weighted by atomic mass is 10.2. The van der Waals surface area contributed by atoms with Gasteiger partial charge in [-0.15, -0.1) is 0 Å². The quantitative estimate of drug-likeness (QED) is 0.813. The molecule has 1 saturated heterocycles. The van der Waals surface area contributed by atoms with Gasteiger partial charge in [-0.2, -0.15) is 0 Å². The molecule has 3 rings (SSSR count). The van der Waals surface area contributed by atoms with Crippen molar-refractivity contribution in [3.05, 3.63) is 42.5 Å². The number of hydrogen-bond acceptors (Lipinski definition) is 3. The largest absolute Gasteiger partial charge is 0.472 e. The summed E-state index contributed by atoms with van der Waals surface area (Å²) in [5.41, 5.74) is 2.40. The summed E-state index contributed by atoms with van der Waals surface area (Å²) in [7, 11) is 0. The zero-order valence-corrected chi connectivity index (χ0v) is 10.0. The van der Waals surface area contributed by atoms with Crippen molar-refractivity contribution in [1.29, 1.82) is 0 Å². The fourth-order valence-electron chi connectivity index (χ4n) is 2.20. The van der Waals surface area contributed by atoms with E-state index in [1.807, 2.05) is 23.1 Å². The van der Waals surface area contributed by atoms with Gasteiger partial charge in [0, 0.05) is 24.8 Å². The molecule has 1 aliphatic rings. The standard InChI is InChI=1S/C14H14N2O2/c17-14(16-6-1-2-7-16)11-3-4-13(15-9-11)12-5-8-18-10-12/h3-5,8-10H,1-2,6-7H2. The molecule has 2 aromatic heterocycles. The highest BCUT2D eigenvalue weighted by Gasteiger charge is 2.19. The molecule has 0 atom stereocenters. The summed E-state index contributed by atoms with van der Waals surface area (Å²) >= 11 is 0. The number of pyridine rings is 1. The van der Waals surface area contributed by atoms with Gasteiger partial charge in [0.15, 0.2) is 0 Å². The summed E-state index contributed by atoms with van der Waals surface area (Å²) in [6.07, 6.45) is 7.10. The fourth-order valence-corrected chi connectivity index (χ4v) is 2.20. The summed E-state index contributed by atoms with van der Waals surface area (Å²) in [5.74, 6) is 0.0822. The van der Waals surface area contributed by atoms with E-state index in [4.69, 9.17) is 4.42 Å². The van der Waals surface area contributed by atoms with Gasteiger partial charge in [0.05, 0.1) is 23.8 Å². The minimum atomic E-state index is 0.0822. The number of nitrogens with zero attached hydrogens (tertiary/aromatic N) is 2. The van der Waals surface area contributed by atoms with Crippen LogP contribution in [0.2, 0.25) is 0 Å². The molecule has 1 amide bonds. The molecule has 3 heterocycles. The van der Waals surface area contributed by atoms with Gasteiger partial charge < -0.3 is 9.32 Å². The van der Waals surface area contributed by atoms with E-state index in [0.717, 1.165) is 37.2 Å². The second kappa shape index (κ2) is 4.64. The summed E-state index contributed by atoms with van der Waals surface area (Å²) in [6, 6.07) is 5.54. The van der Waals surface area contributed by atoms with Crippen molar-refractivity contribution in [3.63, 3.8) is 0 Å². The van der Waals surface area contributed by atoms with Gasteiger partial charge in [-0.1, -0.05) is 0 Å². The molecule has 1 aliphatic heterocycles. The predicted molar refractivity (Wildman–Crippen MR) is 67.1 cm³/mol. The molecule has 92 valence electrons. The fraction of sp³-hybridized carbons (Fsp3) is 0.286. The van der Waals surface area contributed by atoms with Crippen molar-refractivity contribution in [3.8, 4) is 11.3 Å². The number of amides is 1. The minimum Gasteiger partial charge on any atom is -0.472 e. The zero-order chi connectivity index (χ0) is 12.4. The Morgan fingerprint density at radius 3 is 2.67 bits per heavy atom. The van der Waals surface area contributed by atoms with Gasteiger partial charge >= 0.3 is 0 Å². The van der Waals surface area contributed by atoms with Gasteiger partial charge in [0.25, 0.3) is 5.91 Å². The molecule has 0 aromatic carbocycles. The average molecular weight is 242 g/mol. The maximum absolute atomic E-state index is 12.1. The second-order valence-electron chi connectivity index (χ2n) is 4.44. The molecule has 0 aliphatic carbocycles. The van der Waals surface area contributed by atoms with E-state index in [1.54, 1.807) is 18.7 Å². The van der Waals surface area contributed by atoms with E-state index in [1.165, 1.54) is 0 Å². The highest BCUT2D eigenvalue weighted by atomic mass is 16.3. The van der Waals surface area contributed by atoms with Crippen molar-refractivity contribution >= 4 is 5.91 Å². The maximum atomic E-state index is 12.1. The average Bonchev–Trinajstić information content (AvgIpc) is 3.11. The van der Waals surface area contributed by atoms with Crippen LogP contribution >= 0.6 is 0 Å². The van der Waals surface area contributed by atoms with E-state index in [9.17, 15) is 4.79 Å². The smallest absolute Gasteiger partial charge is 0.255 e. The van der Waals surface area contributed by atoms with Crippen LogP contribution in [0, 0.1) is 0 Å². The predicted octanol–water partition coefficient (Wildman–Crippen LogP) is 2.58. The molecule has 0 spiro atoms. The van der Waals surface area contributed by atoms with E-state index in [0.29, 0.717) is 5.56 Å². The van der Waals surface area contributed by atoms with Crippen LogP contribution < -0.4 is 0 Å². The highest BCUT2D eigenvalue weighted by Crippen LogP contribution is 2.18. The molecule has 0 N–H and O–H groups in total. The number of hydrogen-bond donors (Lipinski definition) is 0. The topological polar surface area (TPSA) is 46.3 Å². The molecule has 0 saturated carbocycles. The van der Waals surface area contributed by atoms with Crippen LogP contribution in [0.25, 0.3) is 11.3 Å². The lowest BCUT2D eigenvalue weighted by Crippen LogP contribution is -2.27. The Morgan fingerprint density at radius 2 is 2.06 bits per heavy atom. The normalized spacial score (nSPS) is 15.0. The molecule has 18 heavy (non-hydrogen) atoms. The van der Waals surface area contributed by atoms with Crippen LogP contribution in [-0.4, -0.2) is 28.9 Å². The van der Waals surface area contributed by atoms with Crippen LogP contribution in [-0.2, 0) is 0 Å². The first-order valence-electron chi connectivity index (χ1n) is 6.12. The first kappa shape index (κ1) is 11.0. The Hall–Kier alpha value is -2.10. The van der Waals surface area contributed by atoms with Gasteiger partial charge in [0.2, 0.25) is 0 Å². The van der Waals surface area contributed by atoms with Crippen molar-refractivity contribution in [2.45, 2.75) is 12.8 Å². The van der Waals surface area contributed by atoms with E-state index < -0.39 is 0 Å². The van der Waals surface area contributed by atoms with Crippen molar-refractivity contribution < 1.29 is 9.21 Å². The van der Waals surface area contributed by atoms with Crippen molar-refractivity contribution in [2.24, 2.45) is 0 Å². The lowest BCUT2D eigenvalue weighted by Gasteiger charge is -2.14. The van der Waals surface area contributed by atoms with E-state index in [2.05, 4.69) is 4.98 Å². The molecule has 2 aromatic rings. The Morgan fingerprint density at radius 1 is 1.22 bits per heavy atom. The number of furan rings is 1. The Labute approximate surface area is 105 Å². The molecule has 0 unspecified atom stereocenters. The number of aromatic nitrogens is 1. The summed E-state index contributed by atoms with van der Waals surface area (Å²) in [5, 5.41) is 0. The van der Waals surface area contributed by atoms with E-state index >= 15 is 0 Å². The monoisotopic (exact) mass is 242 g/mol. The van der Waals surface area contributed by atoms with E-state index in [-0.39, 0.29) is 5.91 Å². The molecule has 1 fully saturated rings. The Bertz CT molecular complexity index is 525. The molecule has 0 radical (unpaired) electrons. The summed E-state index contributed by atoms with van der Waals surface area (Å²) in [6.45, 7) is 1.73. The highest BCUT2D eigenvalue weighted by molar-refractivity contribution is 5.94. The second-order valence-corrected chi connectivity index (χ2v) is 4.44. The SMILES string of the molecule is O=C(c1ccc(-c2ccoc2)nc1)N1CCCC1. The van der Waals surface area contributed by atoms with Gasteiger partial charge in [0.1, 0.15) is 0 Å². The van der Waals surface area contributed by atoms with Crippen molar-refractivity contribution in [2.75, 3.05) is 13.1 Å². The number of likely N-dealkylation sites (tertiary alicyclic amines) is 1. The van der Waals surface area contributed by atoms with Gasteiger partial charge in [-0.3, -0.25) is 9.78 Å². The molecular formula is C14H14N2O2. The van der Waals surface area contributed by atoms with Gasteiger partial charge in [-0.25, -0.2) is 0 Å². The van der Waals surface area contributed by atoms with Crippen LogP contribution in [0.5, 0.6) is 0 Å². The molecule has 4 nitrogen and oxygen atoms in total. The van der Waals surface area contributed by atoms with Crippen LogP contribution in [0.4, 0.5) is 0 Å². The summed E-state index contributed by atoms with van der Waals surface area (Å²) < 4.78 is 5.01. The molecular weight excluding hydrogens is 228 g/mol. The Kier molecular flexibility index (Phi) is 2.84. The third kappa shape index (κ3) is 2.01. The minimum absolute atomic E-state index is 0.0822. The maximum Gasteiger partial charge on any atom is 0.255 e. The van der Waals surface area contributed by atoms with Crippen molar-refractivity contribution in [1.82, 2.24) is 9.88 Å². The van der Waals surface area contributed by atoms with Crippen LogP contribution in [0.1, 0.15) is 23.2 Å². The van der Waals surface area contributed by atoms with Crippen LogP contribution in [0.3, 0.4) is 0 Å². The first-order valence-corrected chi connectivity index (χ1v) is 6.12. The molecule has 4 heteroatoms. The summed E-state index contributed by atoms with van der Waals surface area (Å²) in [4.78, 5) is 18.3.